The Kier molecular flexibility index (Phi) is 5.33. The molecular formula is C28H32N4O3. The molecule has 1 N–H and O–H groups in total. The lowest BCUT2D eigenvalue weighted by Crippen LogP contribution is -2.53. The van der Waals surface area contributed by atoms with Crippen molar-refractivity contribution >= 4 is 22.8 Å². The van der Waals surface area contributed by atoms with E-state index in [0.717, 1.165) is 53.1 Å². The minimum atomic E-state index is -0.938. The SMILES string of the molecule is CCOc1ccc2[nH]c3c(c2c1)C[C@@]1(C)C(=O)N(CCN2CCCC2)C(=O)N1C3c1ccccc1. The molecule has 35 heavy (non-hydrogen) atoms. The van der Waals surface area contributed by atoms with Crippen molar-refractivity contribution in [2.75, 3.05) is 32.8 Å². The van der Waals surface area contributed by atoms with Gasteiger partial charge in [0.25, 0.3) is 5.91 Å². The number of hydrogen-bond acceptors (Lipinski definition) is 4. The molecule has 2 saturated heterocycles. The molecule has 0 bridgehead atoms. The predicted molar refractivity (Wildman–Crippen MR) is 134 cm³/mol. The summed E-state index contributed by atoms with van der Waals surface area (Å²) >= 11 is 0. The van der Waals surface area contributed by atoms with E-state index in [1.54, 1.807) is 0 Å². The summed E-state index contributed by atoms with van der Waals surface area (Å²) in [6, 6.07) is 15.5. The van der Waals surface area contributed by atoms with Gasteiger partial charge >= 0.3 is 6.03 Å². The van der Waals surface area contributed by atoms with Crippen LogP contribution in [0.1, 0.15) is 49.6 Å². The molecule has 182 valence electrons. The molecule has 3 aliphatic rings. The van der Waals surface area contributed by atoms with E-state index >= 15 is 0 Å². The maximum Gasteiger partial charge on any atom is 0.328 e. The second-order valence-corrected chi connectivity index (χ2v) is 10.1. The van der Waals surface area contributed by atoms with E-state index in [1.807, 2.05) is 61.2 Å². The van der Waals surface area contributed by atoms with Crippen LogP contribution in [0.25, 0.3) is 10.9 Å². The Morgan fingerprint density at radius 3 is 2.57 bits per heavy atom. The highest BCUT2D eigenvalue weighted by Gasteiger charge is 2.60. The maximum atomic E-state index is 13.9. The zero-order valence-corrected chi connectivity index (χ0v) is 20.4. The molecule has 4 heterocycles. The number of likely N-dealkylation sites (tertiary alicyclic amines) is 1. The molecule has 7 heteroatoms. The van der Waals surface area contributed by atoms with Gasteiger partial charge in [0, 0.05) is 36.1 Å². The summed E-state index contributed by atoms with van der Waals surface area (Å²) in [7, 11) is 0. The molecule has 0 aliphatic carbocycles. The molecule has 6 rings (SSSR count). The fraction of sp³-hybridized carbons (Fsp3) is 0.429. The lowest BCUT2D eigenvalue weighted by Gasteiger charge is -2.42. The lowest BCUT2D eigenvalue weighted by atomic mass is 9.81. The van der Waals surface area contributed by atoms with Crippen LogP contribution in [0.2, 0.25) is 0 Å². The predicted octanol–water partition coefficient (Wildman–Crippen LogP) is 4.33. The molecule has 7 nitrogen and oxygen atoms in total. The summed E-state index contributed by atoms with van der Waals surface area (Å²) in [5.74, 6) is 0.718. The number of amides is 3. The highest BCUT2D eigenvalue weighted by atomic mass is 16.5. The topological polar surface area (TPSA) is 68.9 Å². The third-order valence-corrected chi connectivity index (χ3v) is 7.90. The smallest absolute Gasteiger partial charge is 0.328 e. The van der Waals surface area contributed by atoms with Crippen molar-refractivity contribution in [2.24, 2.45) is 0 Å². The van der Waals surface area contributed by atoms with Crippen molar-refractivity contribution < 1.29 is 14.3 Å². The highest BCUT2D eigenvalue weighted by Crippen LogP contribution is 2.48. The molecule has 2 aromatic carbocycles. The molecule has 2 atom stereocenters. The number of aromatic nitrogens is 1. The average molecular weight is 473 g/mol. The van der Waals surface area contributed by atoms with Gasteiger partial charge in [-0.15, -0.1) is 0 Å². The Labute approximate surface area is 205 Å². The molecule has 3 aromatic rings. The molecule has 3 aliphatic heterocycles. The van der Waals surface area contributed by atoms with Crippen LogP contribution < -0.4 is 4.74 Å². The minimum Gasteiger partial charge on any atom is -0.494 e. The third-order valence-electron chi connectivity index (χ3n) is 7.90. The summed E-state index contributed by atoms with van der Waals surface area (Å²) in [5.41, 5.74) is 3.14. The average Bonchev–Trinajstić information content (AvgIpc) is 3.55. The molecular weight excluding hydrogens is 440 g/mol. The Hall–Kier alpha value is -3.32. The summed E-state index contributed by atoms with van der Waals surface area (Å²) in [6.07, 6.45) is 2.85. The van der Waals surface area contributed by atoms with Crippen molar-refractivity contribution in [3.05, 3.63) is 65.4 Å². The summed E-state index contributed by atoms with van der Waals surface area (Å²) in [6.45, 7) is 7.77. The Morgan fingerprint density at radius 2 is 1.83 bits per heavy atom. The number of benzene rings is 2. The molecule has 0 radical (unpaired) electrons. The molecule has 1 unspecified atom stereocenters. The summed E-state index contributed by atoms with van der Waals surface area (Å²) in [5, 5.41) is 1.06. The molecule has 0 saturated carbocycles. The van der Waals surface area contributed by atoms with Gasteiger partial charge in [-0.25, -0.2) is 4.79 Å². The Morgan fingerprint density at radius 1 is 1.06 bits per heavy atom. The van der Waals surface area contributed by atoms with Crippen molar-refractivity contribution in [3.63, 3.8) is 0 Å². The van der Waals surface area contributed by atoms with Gasteiger partial charge in [-0.1, -0.05) is 30.3 Å². The fourth-order valence-electron chi connectivity index (χ4n) is 6.18. The van der Waals surface area contributed by atoms with Crippen LogP contribution in [0, 0.1) is 0 Å². The third kappa shape index (κ3) is 3.44. The van der Waals surface area contributed by atoms with Crippen LogP contribution in [0.3, 0.4) is 0 Å². The normalized spacial score (nSPS) is 24.3. The molecule has 2 fully saturated rings. The number of urea groups is 1. The zero-order chi connectivity index (χ0) is 24.2. The summed E-state index contributed by atoms with van der Waals surface area (Å²) in [4.78, 5) is 37.1. The van der Waals surface area contributed by atoms with Gasteiger partial charge in [-0.3, -0.25) is 14.6 Å². The van der Waals surface area contributed by atoms with Gasteiger partial charge < -0.3 is 14.6 Å². The quantitative estimate of drug-likeness (QED) is 0.542. The Balaban J connectivity index is 1.45. The number of ether oxygens (including phenoxy) is 1. The van der Waals surface area contributed by atoms with Crippen LogP contribution in [-0.2, 0) is 11.2 Å². The first-order chi connectivity index (χ1) is 17.0. The van der Waals surface area contributed by atoms with E-state index in [2.05, 4.69) is 16.0 Å². The van der Waals surface area contributed by atoms with Gasteiger partial charge in [-0.05, 0) is 69.1 Å². The van der Waals surface area contributed by atoms with Gasteiger partial charge in [0.15, 0.2) is 0 Å². The second-order valence-electron chi connectivity index (χ2n) is 10.1. The second kappa shape index (κ2) is 8.41. The number of nitrogens with zero attached hydrogens (tertiary/aromatic N) is 3. The molecule has 1 aromatic heterocycles. The van der Waals surface area contributed by atoms with E-state index in [-0.39, 0.29) is 18.0 Å². The van der Waals surface area contributed by atoms with E-state index in [9.17, 15) is 9.59 Å². The van der Waals surface area contributed by atoms with Crippen LogP contribution in [-0.4, -0.2) is 69.9 Å². The number of fused-ring (bicyclic) bond motifs is 4. The number of rotatable bonds is 6. The largest absolute Gasteiger partial charge is 0.494 e. The molecule has 3 amide bonds. The zero-order valence-electron chi connectivity index (χ0n) is 20.4. The molecule has 0 spiro atoms. The number of H-pyrrole nitrogens is 1. The number of nitrogens with one attached hydrogen (secondary N) is 1. The van der Waals surface area contributed by atoms with Gasteiger partial charge in [0.05, 0.1) is 6.61 Å². The summed E-state index contributed by atoms with van der Waals surface area (Å²) < 4.78 is 5.78. The van der Waals surface area contributed by atoms with Crippen molar-refractivity contribution in [1.29, 1.82) is 0 Å². The van der Waals surface area contributed by atoms with E-state index in [1.165, 1.54) is 17.7 Å². The van der Waals surface area contributed by atoms with Crippen LogP contribution in [0.5, 0.6) is 5.75 Å². The van der Waals surface area contributed by atoms with Crippen LogP contribution >= 0.6 is 0 Å². The van der Waals surface area contributed by atoms with Gasteiger partial charge in [0.2, 0.25) is 0 Å². The fourth-order valence-corrected chi connectivity index (χ4v) is 6.18. The van der Waals surface area contributed by atoms with E-state index < -0.39 is 5.54 Å². The number of hydrogen-bond donors (Lipinski definition) is 1. The first-order valence-electron chi connectivity index (χ1n) is 12.7. The number of imide groups is 1. The number of carbonyl (C=O) groups is 2. The maximum absolute atomic E-state index is 13.9. The standard InChI is InChI=1S/C28H32N4O3/c1-3-35-20-11-12-23-21(17-20)22-18-28(2)26(33)31(16-15-30-13-7-8-14-30)27(34)32(28)25(24(22)29-23)19-9-5-4-6-10-19/h4-6,9-12,17,25,29H,3,7-8,13-16,18H2,1-2H3/t25?,28-/m0/s1. The van der Waals surface area contributed by atoms with Gasteiger partial charge in [0.1, 0.15) is 17.3 Å². The monoisotopic (exact) mass is 472 g/mol. The van der Waals surface area contributed by atoms with Gasteiger partial charge in [-0.2, -0.15) is 0 Å². The number of carbonyl (C=O) groups excluding carboxylic acids is 2. The highest BCUT2D eigenvalue weighted by molar-refractivity contribution is 6.08. The van der Waals surface area contributed by atoms with Crippen LogP contribution in [0.15, 0.2) is 48.5 Å². The van der Waals surface area contributed by atoms with Crippen molar-refractivity contribution in [2.45, 2.75) is 44.7 Å². The first-order valence-corrected chi connectivity index (χ1v) is 12.7. The minimum absolute atomic E-state index is 0.0939. The lowest BCUT2D eigenvalue weighted by molar-refractivity contribution is -0.133. The van der Waals surface area contributed by atoms with Crippen LogP contribution in [0.4, 0.5) is 4.79 Å². The van der Waals surface area contributed by atoms with Crippen molar-refractivity contribution in [1.82, 2.24) is 19.7 Å². The first kappa shape index (κ1) is 22.2. The number of aromatic amines is 1. The van der Waals surface area contributed by atoms with E-state index in [0.29, 0.717) is 19.6 Å². The van der Waals surface area contributed by atoms with E-state index in [4.69, 9.17) is 4.74 Å². The van der Waals surface area contributed by atoms with Crippen molar-refractivity contribution in [3.8, 4) is 5.75 Å². The Bertz CT molecular complexity index is 1280.